The normalized spacial score (nSPS) is 51.7. The summed E-state index contributed by atoms with van der Waals surface area (Å²) in [6.07, 6.45) is -0.879. The van der Waals surface area contributed by atoms with Crippen LogP contribution in [0, 0.1) is 17.8 Å². The quantitative estimate of drug-likeness (QED) is 0.822. The Bertz CT molecular complexity index is 479. The molecule has 1 N–H and O–H groups in total. The molecule has 3 heterocycles. The predicted octanol–water partition coefficient (Wildman–Crippen LogP) is 2.71. The molecule has 6 nitrogen and oxygen atoms in total. The van der Waals surface area contributed by atoms with E-state index in [-0.39, 0.29) is 36.4 Å². The Morgan fingerprint density at radius 2 is 1.73 bits per heavy atom. The molecule has 0 aromatic carbocycles. The maximum Gasteiger partial charge on any atom is 0.184 e. The maximum absolute atomic E-state index is 10.8. The van der Waals surface area contributed by atoms with Gasteiger partial charge < -0.3 is 28.8 Å². The van der Waals surface area contributed by atoms with Crippen LogP contribution in [0.5, 0.6) is 0 Å². The molecule has 0 spiro atoms. The fraction of sp³-hybridized carbons (Fsp3) is 1.00. The van der Waals surface area contributed by atoms with Crippen LogP contribution in [0.3, 0.4) is 0 Å². The van der Waals surface area contributed by atoms with E-state index in [9.17, 15) is 5.11 Å². The summed E-state index contributed by atoms with van der Waals surface area (Å²) in [5, 5.41) is 10.8. The number of aliphatic hydroxyl groups excluding tert-OH is 1. The van der Waals surface area contributed by atoms with E-state index >= 15 is 0 Å². The number of fused-ring (bicyclic) bond motifs is 1. The van der Waals surface area contributed by atoms with Gasteiger partial charge in [0.05, 0.1) is 31.0 Å². The number of ether oxygens (including phenoxy) is 5. The van der Waals surface area contributed by atoms with E-state index in [4.69, 9.17) is 23.7 Å². The van der Waals surface area contributed by atoms with Gasteiger partial charge in [0.25, 0.3) is 0 Å². The Balaban J connectivity index is 1.71. The zero-order chi connectivity index (χ0) is 19.2. The summed E-state index contributed by atoms with van der Waals surface area (Å²) >= 11 is 0. The highest BCUT2D eigenvalue weighted by atomic mass is 16.8. The second kappa shape index (κ2) is 7.64. The maximum atomic E-state index is 10.8. The minimum Gasteiger partial charge on any atom is -0.387 e. The summed E-state index contributed by atoms with van der Waals surface area (Å²) in [5.74, 6) is -0.0455. The molecule has 0 saturated carbocycles. The molecule has 3 fully saturated rings. The first-order chi connectivity index (χ1) is 12.1. The Kier molecular flexibility index (Phi) is 6.03. The minimum absolute atomic E-state index is 0.0119. The van der Waals surface area contributed by atoms with E-state index in [1.54, 1.807) is 0 Å². The van der Waals surface area contributed by atoms with Crippen molar-refractivity contribution in [1.29, 1.82) is 0 Å². The van der Waals surface area contributed by atoms with Crippen LogP contribution in [0.2, 0.25) is 0 Å². The van der Waals surface area contributed by atoms with E-state index in [2.05, 4.69) is 27.7 Å². The predicted molar refractivity (Wildman–Crippen MR) is 96.6 cm³/mol. The van der Waals surface area contributed by atoms with Gasteiger partial charge in [-0.1, -0.05) is 27.7 Å². The first-order valence-electron chi connectivity index (χ1n) is 10.1. The molecule has 10 atom stereocenters. The van der Waals surface area contributed by atoms with E-state index in [0.29, 0.717) is 18.4 Å². The lowest BCUT2D eigenvalue weighted by molar-refractivity contribution is -0.384. The van der Waals surface area contributed by atoms with Crippen molar-refractivity contribution in [2.45, 2.75) is 104 Å². The number of hydrogen-bond donors (Lipinski definition) is 1. The van der Waals surface area contributed by atoms with Crippen molar-refractivity contribution in [3.05, 3.63) is 0 Å². The molecule has 152 valence electrons. The zero-order valence-electron chi connectivity index (χ0n) is 17.2. The molecule has 6 heteroatoms. The minimum atomic E-state index is -0.746. The molecule has 26 heavy (non-hydrogen) atoms. The molecule has 3 aliphatic heterocycles. The Labute approximate surface area is 157 Å². The van der Waals surface area contributed by atoms with Crippen LogP contribution in [0.25, 0.3) is 0 Å². The third-order valence-corrected chi connectivity index (χ3v) is 6.56. The van der Waals surface area contributed by atoms with Gasteiger partial charge in [0.1, 0.15) is 12.2 Å². The number of aliphatic hydroxyl groups is 1. The summed E-state index contributed by atoms with van der Waals surface area (Å²) in [6, 6.07) is 0. The van der Waals surface area contributed by atoms with Gasteiger partial charge in [-0.3, -0.25) is 0 Å². The van der Waals surface area contributed by atoms with Gasteiger partial charge in [0.15, 0.2) is 12.1 Å². The lowest BCUT2D eigenvalue weighted by Gasteiger charge is -2.51. The second-order valence-corrected chi connectivity index (χ2v) is 8.79. The van der Waals surface area contributed by atoms with Crippen molar-refractivity contribution in [3.8, 4) is 0 Å². The molecule has 0 bridgehead atoms. The van der Waals surface area contributed by atoms with Gasteiger partial charge in [-0.25, -0.2) is 0 Å². The molecule has 0 amide bonds. The summed E-state index contributed by atoms with van der Waals surface area (Å²) < 4.78 is 30.3. The van der Waals surface area contributed by atoms with Crippen molar-refractivity contribution in [2.75, 3.05) is 6.61 Å². The number of rotatable bonds is 3. The highest BCUT2D eigenvalue weighted by Gasteiger charge is 2.51. The smallest absolute Gasteiger partial charge is 0.184 e. The summed E-state index contributed by atoms with van der Waals surface area (Å²) in [7, 11) is 0. The molecule has 0 aromatic rings. The van der Waals surface area contributed by atoms with Crippen LogP contribution in [-0.2, 0) is 23.7 Å². The molecular weight excluding hydrogens is 336 g/mol. The van der Waals surface area contributed by atoms with Crippen molar-refractivity contribution < 1.29 is 28.8 Å². The number of hydrogen-bond acceptors (Lipinski definition) is 6. The van der Waals surface area contributed by atoms with Gasteiger partial charge >= 0.3 is 0 Å². The Morgan fingerprint density at radius 3 is 2.38 bits per heavy atom. The summed E-state index contributed by atoms with van der Waals surface area (Å²) in [5.41, 5.74) is 0. The van der Waals surface area contributed by atoms with Crippen LogP contribution in [0.1, 0.15) is 54.9 Å². The average Bonchev–Trinajstić information content (AvgIpc) is 2.59. The first kappa shape index (κ1) is 20.5. The molecule has 4 unspecified atom stereocenters. The lowest BCUT2D eigenvalue weighted by Crippen LogP contribution is -2.63. The fourth-order valence-electron chi connectivity index (χ4n) is 4.42. The van der Waals surface area contributed by atoms with Crippen molar-refractivity contribution >= 4 is 0 Å². The highest BCUT2D eigenvalue weighted by Crippen LogP contribution is 2.39. The summed E-state index contributed by atoms with van der Waals surface area (Å²) in [6.45, 7) is 14.8. The average molecular weight is 373 g/mol. The van der Waals surface area contributed by atoms with Crippen molar-refractivity contribution in [3.63, 3.8) is 0 Å². The zero-order valence-corrected chi connectivity index (χ0v) is 17.2. The SMILES string of the molecule is CCC1O[C@@H](C)C(C)[C@@H](C)[C@H]1O[C@H]1O[C@H]2COC(C)(C)O[C@H]2C(C)C1O. The third kappa shape index (κ3) is 3.82. The van der Waals surface area contributed by atoms with Gasteiger partial charge in [-0.15, -0.1) is 0 Å². The van der Waals surface area contributed by atoms with E-state index in [1.807, 2.05) is 20.8 Å². The molecule has 3 aliphatic rings. The molecule has 0 radical (unpaired) electrons. The molecule has 3 rings (SSSR count). The van der Waals surface area contributed by atoms with Crippen LogP contribution in [0.4, 0.5) is 0 Å². The van der Waals surface area contributed by atoms with Crippen molar-refractivity contribution in [2.24, 2.45) is 17.8 Å². The monoisotopic (exact) mass is 372 g/mol. The highest BCUT2D eigenvalue weighted by molar-refractivity contribution is 4.93. The largest absolute Gasteiger partial charge is 0.387 e. The standard InChI is InChI=1S/C20H36O6/c1-8-14-17(11(3)10(2)13(5)23-14)25-19-16(21)12(4)18-15(24-19)9-22-20(6,7)26-18/h10-19,21H,8-9H2,1-7H3/t10?,11-,12?,13+,14?,15+,16?,17-,18+,19-/m1/s1. The van der Waals surface area contributed by atoms with E-state index in [0.717, 1.165) is 6.42 Å². The van der Waals surface area contributed by atoms with Gasteiger partial charge in [-0.2, -0.15) is 0 Å². The molecule has 3 saturated heterocycles. The van der Waals surface area contributed by atoms with Gasteiger partial charge in [0, 0.05) is 5.92 Å². The summed E-state index contributed by atoms with van der Waals surface area (Å²) in [4.78, 5) is 0. The Morgan fingerprint density at radius 1 is 1.04 bits per heavy atom. The molecule has 0 aromatic heterocycles. The van der Waals surface area contributed by atoms with E-state index < -0.39 is 18.2 Å². The lowest BCUT2D eigenvalue weighted by atomic mass is 9.81. The molecular formula is C20H36O6. The molecule has 0 aliphatic carbocycles. The first-order valence-corrected chi connectivity index (χ1v) is 10.1. The van der Waals surface area contributed by atoms with E-state index in [1.165, 1.54) is 0 Å². The van der Waals surface area contributed by atoms with Crippen LogP contribution < -0.4 is 0 Å². The topological polar surface area (TPSA) is 66.4 Å². The Hall–Kier alpha value is -0.240. The second-order valence-electron chi connectivity index (χ2n) is 8.79. The van der Waals surface area contributed by atoms with Crippen molar-refractivity contribution in [1.82, 2.24) is 0 Å². The van der Waals surface area contributed by atoms with Crippen LogP contribution >= 0.6 is 0 Å². The van der Waals surface area contributed by atoms with Crippen LogP contribution in [-0.4, -0.2) is 60.4 Å². The van der Waals surface area contributed by atoms with Gasteiger partial charge in [-0.05, 0) is 39.0 Å². The van der Waals surface area contributed by atoms with Crippen LogP contribution in [0.15, 0.2) is 0 Å². The van der Waals surface area contributed by atoms with Gasteiger partial charge in [0.2, 0.25) is 0 Å². The fourth-order valence-corrected chi connectivity index (χ4v) is 4.42. The third-order valence-electron chi connectivity index (χ3n) is 6.56.